The normalized spacial score (nSPS) is 11.4. The van der Waals surface area contributed by atoms with Gasteiger partial charge in [-0.2, -0.15) is 0 Å². The fourth-order valence-electron chi connectivity index (χ4n) is 0.972. The third-order valence-electron chi connectivity index (χ3n) is 1.55. The van der Waals surface area contributed by atoms with Gasteiger partial charge in [-0.25, -0.2) is 17.9 Å². The first-order valence-corrected chi connectivity index (χ1v) is 5.88. The molecule has 0 bridgehead atoms. The highest BCUT2D eigenvalue weighted by Gasteiger charge is 2.15. The van der Waals surface area contributed by atoms with Crippen LogP contribution in [0, 0.1) is 0 Å². The molecule has 0 aromatic heterocycles. The lowest BCUT2D eigenvalue weighted by molar-refractivity contribution is 0.267. The van der Waals surface area contributed by atoms with Crippen LogP contribution in [0.2, 0.25) is 5.02 Å². The topological polar surface area (TPSA) is 69.4 Å². The highest BCUT2D eigenvalue weighted by atomic mass is 35.5. The van der Waals surface area contributed by atoms with Gasteiger partial charge in [0.1, 0.15) is 23.9 Å². The highest BCUT2D eigenvalue weighted by Crippen LogP contribution is 2.26. The van der Waals surface area contributed by atoms with Crippen molar-refractivity contribution in [2.75, 3.05) is 13.3 Å². The second kappa shape index (κ2) is 4.78. The number of hydrogen-bond acceptors (Lipinski definition) is 3. The maximum Gasteiger partial charge on any atom is 0.241 e. The minimum atomic E-state index is -3.92. The highest BCUT2D eigenvalue weighted by molar-refractivity contribution is 7.89. The number of primary sulfonamides is 1. The lowest BCUT2D eigenvalue weighted by Gasteiger charge is -2.08. The number of hydrogen-bond donors (Lipinski definition) is 1. The summed E-state index contributed by atoms with van der Waals surface area (Å²) < 4.78 is 39.0. The molecule has 0 saturated carbocycles. The third-order valence-corrected chi connectivity index (χ3v) is 2.71. The van der Waals surface area contributed by atoms with E-state index in [0.29, 0.717) is 0 Å². The molecule has 0 aliphatic rings. The largest absolute Gasteiger partial charge is 0.489 e. The summed E-state index contributed by atoms with van der Waals surface area (Å²) in [6.07, 6.45) is 0. The molecule has 0 aliphatic heterocycles. The standard InChI is InChI=1S/C8H9ClFNO3S/c9-6-1-2-7(14-4-3-10)8(5-6)15(11,12)13/h1-2,5H,3-4H2,(H2,11,12,13). The predicted molar refractivity (Wildman–Crippen MR) is 54.3 cm³/mol. The van der Waals surface area contributed by atoms with Crippen LogP contribution in [0.1, 0.15) is 0 Å². The van der Waals surface area contributed by atoms with Crippen LogP contribution in [0.15, 0.2) is 23.1 Å². The van der Waals surface area contributed by atoms with Crippen molar-refractivity contribution < 1.29 is 17.5 Å². The minimum Gasteiger partial charge on any atom is -0.489 e. The van der Waals surface area contributed by atoms with Crippen molar-refractivity contribution in [2.45, 2.75) is 4.90 Å². The molecule has 0 radical (unpaired) electrons. The molecule has 0 atom stereocenters. The van der Waals surface area contributed by atoms with Gasteiger partial charge in [-0.15, -0.1) is 0 Å². The monoisotopic (exact) mass is 253 g/mol. The SMILES string of the molecule is NS(=O)(=O)c1cc(Cl)ccc1OCCF. The molecule has 0 spiro atoms. The summed E-state index contributed by atoms with van der Waals surface area (Å²) in [4.78, 5) is -0.247. The average Bonchev–Trinajstić information content (AvgIpc) is 2.14. The van der Waals surface area contributed by atoms with Crippen LogP contribution in [0.4, 0.5) is 4.39 Å². The minimum absolute atomic E-state index is 0.000417. The number of benzene rings is 1. The summed E-state index contributed by atoms with van der Waals surface area (Å²) in [7, 11) is -3.92. The Morgan fingerprint density at radius 1 is 1.47 bits per heavy atom. The molecule has 7 heteroatoms. The number of rotatable bonds is 4. The first kappa shape index (κ1) is 12.2. The lowest BCUT2D eigenvalue weighted by atomic mass is 10.3. The molecule has 1 rings (SSSR count). The van der Waals surface area contributed by atoms with E-state index in [2.05, 4.69) is 0 Å². The van der Waals surface area contributed by atoms with Crippen LogP contribution >= 0.6 is 11.6 Å². The van der Waals surface area contributed by atoms with Crippen molar-refractivity contribution in [1.82, 2.24) is 0 Å². The smallest absolute Gasteiger partial charge is 0.241 e. The van der Waals surface area contributed by atoms with E-state index >= 15 is 0 Å². The Balaban J connectivity index is 3.15. The Labute approximate surface area is 91.8 Å². The molecule has 0 fully saturated rings. The van der Waals surface area contributed by atoms with E-state index < -0.39 is 16.7 Å². The van der Waals surface area contributed by atoms with Crippen molar-refractivity contribution in [3.05, 3.63) is 23.2 Å². The molecule has 0 saturated heterocycles. The zero-order valence-electron chi connectivity index (χ0n) is 7.61. The average molecular weight is 254 g/mol. The maximum atomic E-state index is 11.9. The zero-order chi connectivity index (χ0) is 11.5. The summed E-state index contributed by atoms with van der Waals surface area (Å²) in [6.45, 7) is -0.948. The van der Waals surface area contributed by atoms with Crippen LogP contribution in [-0.4, -0.2) is 21.7 Å². The van der Waals surface area contributed by atoms with Crippen molar-refractivity contribution in [1.29, 1.82) is 0 Å². The van der Waals surface area contributed by atoms with Crippen LogP contribution < -0.4 is 9.88 Å². The molecule has 0 aliphatic carbocycles. The number of sulfonamides is 1. The molecule has 15 heavy (non-hydrogen) atoms. The van der Waals surface area contributed by atoms with Crippen LogP contribution in [-0.2, 0) is 10.0 Å². The Hall–Kier alpha value is -0.850. The molecule has 1 aromatic rings. The third kappa shape index (κ3) is 3.33. The van der Waals surface area contributed by atoms with E-state index in [4.69, 9.17) is 21.5 Å². The van der Waals surface area contributed by atoms with Gasteiger partial charge in [0.05, 0.1) is 0 Å². The van der Waals surface area contributed by atoms with Crippen LogP contribution in [0.25, 0.3) is 0 Å². The second-order valence-corrected chi connectivity index (χ2v) is 4.64. The number of nitrogens with two attached hydrogens (primary N) is 1. The van der Waals surface area contributed by atoms with Crippen molar-refractivity contribution >= 4 is 21.6 Å². The Kier molecular flexibility index (Phi) is 3.90. The lowest BCUT2D eigenvalue weighted by Crippen LogP contribution is -2.14. The summed E-state index contributed by atoms with van der Waals surface area (Å²) in [5, 5.41) is 5.15. The number of alkyl halides is 1. The summed E-state index contributed by atoms with van der Waals surface area (Å²) in [6, 6.07) is 3.92. The van der Waals surface area contributed by atoms with E-state index in [9.17, 15) is 12.8 Å². The molecule has 84 valence electrons. The predicted octanol–water partition coefficient (Wildman–Crippen LogP) is 1.34. The van der Waals surface area contributed by atoms with E-state index in [0.717, 1.165) is 6.07 Å². The molecular weight excluding hydrogens is 245 g/mol. The zero-order valence-corrected chi connectivity index (χ0v) is 9.18. The quantitative estimate of drug-likeness (QED) is 0.880. The van der Waals surface area contributed by atoms with Gasteiger partial charge in [0.15, 0.2) is 0 Å². The Bertz CT molecular complexity index is 449. The van der Waals surface area contributed by atoms with Crippen molar-refractivity contribution in [3.63, 3.8) is 0 Å². The first-order valence-electron chi connectivity index (χ1n) is 3.96. The van der Waals surface area contributed by atoms with Gasteiger partial charge >= 0.3 is 0 Å². The van der Waals surface area contributed by atoms with E-state index in [1.165, 1.54) is 12.1 Å². The van der Waals surface area contributed by atoms with E-state index in [1.54, 1.807) is 0 Å². The van der Waals surface area contributed by atoms with Crippen molar-refractivity contribution in [2.24, 2.45) is 5.14 Å². The van der Waals surface area contributed by atoms with E-state index in [-0.39, 0.29) is 22.3 Å². The fraction of sp³-hybridized carbons (Fsp3) is 0.250. The van der Waals surface area contributed by atoms with Gasteiger partial charge in [-0.05, 0) is 18.2 Å². The first-order chi connectivity index (χ1) is 6.95. The van der Waals surface area contributed by atoms with Gasteiger partial charge in [0.2, 0.25) is 10.0 Å². The fourth-order valence-corrected chi connectivity index (χ4v) is 1.91. The Morgan fingerprint density at radius 3 is 2.67 bits per heavy atom. The second-order valence-electron chi connectivity index (χ2n) is 2.67. The number of halogens is 2. The maximum absolute atomic E-state index is 11.9. The van der Waals surface area contributed by atoms with E-state index in [1.807, 2.05) is 0 Å². The van der Waals surface area contributed by atoms with Crippen LogP contribution in [0.5, 0.6) is 5.75 Å². The van der Waals surface area contributed by atoms with Gasteiger partial charge in [0, 0.05) is 5.02 Å². The Morgan fingerprint density at radius 2 is 2.13 bits per heavy atom. The molecule has 4 nitrogen and oxygen atoms in total. The molecule has 0 unspecified atom stereocenters. The summed E-state index contributed by atoms with van der Waals surface area (Å²) in [5.74, 6) is -0.000417. The summed E-state index contributed by atoms with van der Waals surface area (Å²) >= 11 is 5.61. The molecule has 1 aromatic carbocycles. The molecular formula is C8H9ClFNO3S. The van der Waals surface area contributed by atoms with Gasteiger partial charge in [0.25, 0.3) is 0 Å². The summed E-state index contributed by atoms with van der Waals surface area (Å²) in [5.41, 5.74) is 0. The molecule has 0 heterocycles. The van der Waals surface area contributed by atoms with Gasteiger partial charge in [-0.3, -0.25) is 0 Å². The van der Waals surface area contributed by atoms with Gasteiger partial charge < -0.3 is 4.74 Å². The molecule has 2 N–H and O–H groups in total. The van der Waals surface area contributed by atoms with Crippen molar-refractivity contribution in [3.8, 4) is 5.75 Å². The number of ether oxygens (including phenoxy) is 1. The van der Waals surface area contributed by atoms with Gasteiger partial charge in [-0.1, -0.05) is 11.6 Å². The van der Waals surface area contributed by atoms with Crippen LogP contribution in [0.3, 0.4) is 0 Å². The molecule has 0 amide bonds.